The van der Waals surface area contributed by atoms with E-state index in [4.69, 9.17) is 4.42 Å². The van der Waals surface area contributed by atoms with Gasteiger partial charge >= 0.3 is 0 Å². The average Bonchev–Trinajstić information content (AvgIpc) is 3.40. The highest BCUT2D eigenvalue weighted by molar-refractivity contribution is 6.11. The van der Waals surface area contributed by atoms with Gasteiger partial charge in [-0.2, -0.15) is 0 Å². The number of hydrogen-bond donors (Lipinski definition) is 0. The normalized spacial score (nSPS) is 14.3. The van der Waals surface area contributed by atoms with Crippen LogP contribution < -0.4 is 5.43 Å². The summed E-state index contributed by atoms with van der Waals surface area (Å²) in [5, 5.41) is 3.65. The zero-order valence-corrected chi connectivity index (χ0v) is 24.0. The highest BCUT2D eigenvalue weighted by Crippen LogP contribution is 2.51. The van der Waals surface area contributed by atoms with Gasteiger partial charge in [-0.15, -0.1) is 0 Å². The first-order valence-corrected chi connectivity index (χ1v) is 14.3. The summed E-state index contributed by atoms with van der Waals surface area (Å²) in [6.45, 7) is 11.1. The van der Waals surface area contributed by atoms with E-state index < -0.39 is 0 Å². The van der Waals surface area contributed by atoms with Crippen molar-refractivity contribution in [3.8, 4) is 16.8 Å². The first-order chi connectivity index (χ1) is 19.6. The maximum Gasteiger partial charge on any atom is 0.200 e. The second kappa shape index (κ2) is 7.98. The lowest BCUT2D eigenvalue weighted by atomic mass is 9.82. The number of fused-ring (bicyclic) bond motifs is 8. The third-order valence-corrected chi connectivity index (χ3v) is 9.16. The van der Waals surface area contributed by atoms with Crippen molar-refractivity contribution >= 4 is 43.7 Å². The smallest absolute Gasteiger partial charge is 0.200 e. The molecule has 0 saturated heterocycles. The molecule has 2 heterocycles. The van der Waals surface area contributed by atoms with Crippen LogP contribution in [-0.4, -0.2) is 4.57 Å². The minimum atomic E-state index is -0.0960. The summed E-state index contributed by atoms with van der Waals surface area (Å²) in [6, 6.07) is 34.1. The van der Waals surface area contributed by atoms with Gasteiger partial charge in [-0.05, 0) is 75.7 Å². The molecule has 0 aliphatic heterocycles. The summed E-state index contributed by atoms with van der Waals surface area (Å²) in [5.41, 5.74) is 10.8. The van der Waals surface area contributed by atoms with E-state index in [0.29, 0.717) is 21.9 Å². The summed E-state index contributed by atoms with van der Waals surface area (Å²) < 4.78 is 8.78. The van der Waals surface area contributed by atoms with Crippen LogP contribution in [0.4, 0.5) is 0 Å². The molecule has 2 aromatic heterocycles. The van der Waals surface area contributed by atoms with Gasteiger partial charge in [0.25, 0.3) is 0 Å². The van der Waals surface area contributed by atoms with Crippen LogP contribution >= 0.6 is 0 Å². The lowest BCUT2D eigenvalue weighted by Gasteiger charge is -2.21. The maximum absolute atomic E-state index is 13.5. The van der Waals surface area contributed by atoms with Crippen molar-refractivity contribution in [1.29, 1.82) is 0 Å². The van der Waals surface area contributed by atoms with Crippen LogP contribution in [0.3, 0.4) is 0 Å². The van der Waals surface area contributed by atoms with Crippen molar-refractivity contribution in [3.63, 3.8) is 0 Å². The van der Waals surface area contributed by atoms with Gasteiger partial charge in [0.15, 0.2) is 0 Å². The second-order valence-corrected chi connectivity index (χ2v) is 13.0. The minimum Gasteiger partial charge on any atom is -0.456 e. The molecule has 0 amide bonds. The molecule has 200 valence electrons. The van der Waals surface area contributed by atoms with Crippen molar-refractivity contribution in [2.75, 3.05) is 0 Å². The van der Waals surface area contributed by atoms with Crippen molar-refractivity contribution in [2.24, 2.45) is 0 Å². The number of nitrogens with zero attached hydrogens (tertiary/aromatic N) is 1. The van der Waals surface area contributed by atoms with Crippen molar-refractivity contribution in [3.05, 3.63) is 124 Å². The molecule has 3 heteroatoms. The molecule has 1 aliphatic rings. The number of hydrogen-bond acceptors (Lipinski definition) is 2. The highest BCUT2D eigenvalue weighted by Gasteiger charge is 2.36. The van der Waals surface area contributed by atoms with E-state index in [9.17, 15) is 4.79 Å². The fourth-order valence-corrected chi connectivity index (χ4v) is 6.89. The van der Waals surface area contributed by atoms with E-state index in [0.717, 1.165) is 22.3 Å². The van der Waals surface area contributed by atoms with Crippen LogP contribution in [0.5, 0.6) is 0 Å². The van der Waals surface area contributed by atoms with Gasteiger partial charge in [0.05, 0.1) is 21.8 Å². The van der Waals surface area contributed by atoms with Crippen LogP contribution in [0.25, 0.3) is 60.6 Å². The summed E-state index contributed by atoms with van der Waals surface area (Å²) in [7, 11) is 0. The summed E-state index contributed by atoms with van der Waals surface area (Å²) in [5.74, 6) is 0. The molecule has 0 radical (unpaired) electrons. The van der Waals surface area contributed by atoms with Crippen LogP contribution in [-0.2, 0) is 10.8 Å². The van der Waals surface area contributed by atoms with E-state index >= 15 is 0 Å². The van der Waals surface area contributed by atoms with Gasteiger partial charge in [-0.3, -0.25) is 4.79 Å². The molecule has 8 rings (SSSR count). The lowest BCUT2D eigenvalue weighted by Crippen LogP contribution is -2.15. The van der Waals surface area contributed by atoms with Crippen molar-refractivity contribution < 1.29 is 4.42 Å². The Bertz CT molecular complexity index is 2290. The monoisotopic (exact) mass is 533 g/mol. The number of benzene rings is 5. The Kier molecular flexibility index (Phi) is 4.71. The molecular weight excluding hydrogens is 502 g/mol. The van der Waals surface area contributed by atoms with E-state index in [2.05, 4.69) is 99.8 Å². The highest BCUT2D eigenvalue weighted by atomic mass is 16.3. The van der Waals surface area contributed by atoms with Crippen LogP contribution in [0, 0.1) is 0 Å². The molecule has 5 aromatic carbocycles. The van der Waals surface area contributed by atoms with E-state index in [1.165, 1.54) is 33.0 Å². The van der Waals surface area contributed by atoms with Gasteiger partial charge in [0, 0.05) is 27.9 Å². The molecule has 7 aromatic rings. The fourth-order valence-electron chi connectivity index (χ4n) is 6.89. The molecule has 0 unspecified atom stereocenters. The van der Waals surface area contributed by atoms with Crippen molar-refractivity contribution in [1.82, 2.24) is 4.57 Å². The Morgan fingerprint density at radius 2 is 1.34 bits per heavy atom. The van der Waals surface area contributed by atoms with Gasteiger partial charge < -0.3 is 8.98 Å². The molecule has 0 bridgehead atoms. The maximum atomic E-state index is 13.5. The largest absolute Gasteiger partial charge is 0.456 e. The number of rotatable bonds is 1. The predicted octanol–water partition coefficient (Wildman–Crippen LogP) is 9.65. The third kappa shape index (κ3) is 3.29. The zero-order chi connectivity index (χ0) is 28.3. The molecule has 1 aliphatic carbocycles. The molecule has 0 N–H and O–H groups in total. The first kappa shape index (κ1) is 24.2. The van der Waals surface area contributed by atoms with Crippen molar-refractivity contribution in [2.45, 2.75) is 45.4 Å². The Balaban J connectivity index is 1.42. The van der Waals surface area contributed by atoms with E-state index in [1.54, 1.807) is 0 Å². The van der Waals surface area contributed by atoms with E-state index in [-0.39, 0.29) is 16.3 Å². The van der Waals surface area contributed by atoms with Crippen LogP contribution in [0.2, 0.25) is 0 Å². The Morgan fingerprint density at radius 3 is 2.15 bits per heavy atom. The Morgan fingerprint density at radius 1 is 0.634 bits per heavy atom. The zero-order valence-electron chi connectivity index (χ0n) is 24.0. The first-order valence-electron chi connectivity index (χ1n) is 14.3. The summed E-state index contributed by atoms with van der Waals surface area (Å²) in [4.78, 5) is 13.5. The van der Waals surface area contributed by atoms with Crippen LogP contribution in [0.1, 0.15) is 51.3 Å². The van der Waals surface area contributed by atoms with Gasteiger partial charge in [0.1, 0.15) is 11.2 Å². The molecule has 0 atom stereocenters. The molecule has 0 fully saturated rings. The van der Waals surface area contributed by atoms with E-state index in [1.807, 2.05) is 36.4 Å². The van der Waals surface area contributed by atoms with Gasteiger partial charge in [-0.25, -0.2) is 0 Å². The Hall–Kier alpha value is -4.63. The summed E-state index contributed by atoms with van der Waals surface area (Å²) >= 11 is 0. The Labute approximate surface area is 238 Å². The summed E-state index contributed by atoms with van der Waals surface area (Å²) in [6.07, 6.45) is 0. The minimum absolute atomic E-state index is 0.00724. The lowest BCUT2D eigenvalue weighted by molar-refractivity contribution is 0.587. The van der Waals surface area contributed by atoms with Gasteiger partial charge in [-0.1, -0.05) is 83.1 Å². The molecule has 3 nitrogen and oxygen atoms in total. The van der Waals surface area contributed by atoms with Crippen LogP contribution in [0.15, 0.2) is 106 Å². The van der Waals surface area contributed by atoms with Gasteiger partial charge in [0.2, 0.25) is 5.43 Å². The second-order valence-electron chi connectivity index (χ2n) is 13.0. The molecule has 41 heavy (non-hydrogen) atoms. The standard InChI is InChI=1S/C38H31NO2/c1-37(2,3)22-14-16-26-34(18-22)41-35-19-23(15-17-27(35)36(26)40)39-32-13-9-7-11-25(32)29-20-28-24-10-6-8-12-30(24)38(4,5)31(28)21-33(29)39/h6-21H,1-5H3. The molecular formula is C38H31NO2. The number of aromatic nitrogens is 1. The SMILES string of the molecule is CC(C)(C)c1ccc2c(=O)c3ccc(-n4c5ccccc5c5cc6c(cc54)C(C)(C)c4ccccc4-6)cc3oc2c1. The number of para-hydroxylation sites is 1. The fraction of sp³-hybridized carbons (Fsp3) is 0.184. The molecule has 0 spiro atoms. The third-order valence-electron chi connectivity index (χ3n) is 9.16. The molecule has 0 saturated carbocycles. The quantitative estimate of drug-likeness (QED) is 0.197. The topological polar surface area (TPSA) is 35.1 Å². The predicted molar refractivity (Wildman–Crippen MR) is 171 cm³/mol. The average molecular weight is 534 g/mol.